The smallest absolute Gasteiger partial charge is 0.0406 e. The van der Waals surface area contributed by atoms with Crippen LogP contribution >= 0.6 is 23.2 Å². The lowest BCUT2D eigenvalue weighted by molar-refractivity contribution is 0.346. The molecular weight excluding hydrogens is 287 g/mol. The van der Waals surface area contributed by atoms with Crippen LogP contribution < -0.4 is 0 Å². The maximum atomic E-state index is 6.05. The number of hydrogen-bond donors (Lipinski definition) is 0. The van der Waals surface area contributed by atoms with Crippen LogP contribution in [-0.2, 0) is 5.41 Å². The molecule has 1 aliphatic rings. The molecule has 0 spiro atoms. The van der Waals surface area contributed by atoms with Crippen molar-refractivity contribution in [3.63, 3.8) is 0 Å². The molecule has 0 heterocycles. The van der Waals surface area contributed by atoms with Gasteiger partial charge >= 0.3 is 0 Å². The second kappa shape index (κ2) is 5.79. The van der Waals surface area contributed by atoms with E-state index < -0.39 is 0 Å². The number of rotatable bonds is 2. The van der Waals surface area contributed by atoms with Gasteiger partial charge in [-0.1, -0.05) is 66.7 Å². The first kappa shape index (κ1) is 14.0. The highest BCUT2D eigenvalue weighted by molar-refractivity contribution is 6.30. The van der Waals surface area contributed by atoms with Crippen molar-refractivity contribution in [1.29, 1.82) is 0 Å². The molecule has 20 heavy (non-hydrogen) atoms. The maximum absolute atomic E-state index is 6.05. The molecule has 2 aromatic rings. The highest BCUT2D eigenvalue weighted by atomic mass is 35.5. The van der Waals surface area contributed by atoms with Gasteiger partial charge in [0.1, 0.15) is 0 Å². The lowest BCUT2D eigenvalue weighted by Gasteiger charge is -2.38. The summed E-state index contributed by atoms with van der Waals surface area (Å²) < 4.78 is 0. The molecule has 2 aromatic carbocycles. The predicted molar refractivity (Wildman–Crippen MR) is 86.8 cm³/mol. The number of hydrogen-bond acceptors (Lipinski definition) is 0. The molecule has 0 nitrogen and oxygen atoms in total. The van der Waals surface area contributed by atoms with Gasteiger partial charge in [0.2, 0.25) is 0 Å². The fourth-order valence-corrected chi connectivity index (χ4v) is 3.69. The van der Waals surface area contributed by atoms with Gasteiger partial charge in [-0.25, -0.2) is 0 Å². The van der Waals surface area contributed by atoms with Crippen molar-refractivity contribution >= 4 is 23.2 Å². The van der Waals surface area contributed by atoms with Crippen molar-refractivity contribution in [2.45, 2.75) is 37.5 Å². The van der Waals surface area contributed by atoms with Gasteiger partial charge in [-0.05, 0) is 48.2 Å². The summed E-state index contributed by atoms with van der Waals surface area (Å²) in [4.78, 5) is 0. The molecule has 0 radical (unpaired) electrons. The Labute approximate surface area is 130 Å². The van der Waals surface area contributed by atoms with Crippen LogP contribution in [-0.4, -0.2) is 0 Å². The molecule has 0 bridgehead atoms. The third kappa shape index (κ3) is 2.60. The summed E-state index contributed by atoms with van der Waals surface area (Å²) in [7, 11) is 0. The molecule has 1 aliphatic carbocycles. The minimum atomic E-state index is 0.132. The Morgan fingerprint density at radius 2 is 1.00 bits per heavy atom. The van der Waals surface area contributed by atoms with Gasteiger partial charge in [-0.15, -0.1) is 0 Å². The fourth-order valence-electron chi connectivity index (χ4n) is 3.44. The average Bonchev–Trinajstić information content (AvgIpc) is 2.49. The van der Waals surface area contributed by atoms with E-state index in [2.05, 4.69) is 24.3 Å². The van der Waals surface area contributed by atoms with E-state index in [9.17, 15) is 0 Å². The average molecular weight is 305 g/mol. The van der Waals surface area contributed by atoms with Crippen molar-refractivity contribution in [1.82, 2.24) is 0 Å². The third-order valence-electron chi connectivity index (χ3n) is 4.50. The van der Waals surface area contributed by atoms with Crippen LogP contribution in [0.4, 0.5) is 0 Å². The van der Waals surface area contributed by atoms with Crippen molar-refractivity contribution in [2.75, 3.05) is 0 Å². The second-order valence-corrected chi connectivity index (χ2v) is 6.53. The van der Waals surface area contributed by atoms with Crippen LogP contribution in [0.25, 0.3) is 0 Å². The normalized spacial score (nSPS) is 17.9. The van der Waals surface area contributed by atoms with E-state index in [0.717, 1.165) is 10.0 Å². The summed E-state index contributed by atoms with van der Waals surface area (Å²) in [6, 6.07) is 16.7. The topological polar surface area (TPSA) is 0 Å². The molecule has 0 atom stereocenters. The molecule has 1 saturated carbocycles. The van der Waals surface area contributed by atoms with E-state index in [4.69, 9.17) is 23.2 Å². The Bertz CT molecular complexity index is 516. The van der Waals surface area contributed by atoms with Crippen molar-refractivity contribution < 1.29 is 0 Å². The zero-order valence-corrected chi connectivity index (χ0v) is 12.9. The Morgan fingerprint density at radius 3 is 1.40 bits per heavy atom. The molecule has 0 N–H and O–H groups in total. The van der Waals surface area contributed by atoms with E-state index >= 15 is 0 Å². The molecule has 0 aliphatic heterocycles. The molecule has 0 saturated heterocycles. The maximum Gasteiger partial charge on any atom is 0.0406 e. The van der Waals surface area contributed by atoms with Crippen LogP contribution in [0, 0.1) is 0 Å². The Morgan fingerprint density at radius 1 is 0.600 bits per heavy atom. The minimum absolute atomic E-state index is 0.132. The summed E-state index contributed by atoms with van der Waals surface area (Å²) >= 11 is 12.1. The first-order chi connectivity index (χ1) is 9.71. The van der Waals surface area contributed by atoms with Gasteiger partial charge in [-0.2, -0.15) is 0 Å². The van der Waals surface area contributed by atoms with Gasteiger partial charge < -0.3 is 0 Å². The summed E-state index contributed by atoms with van der Waals surface area (Å²) in [5.74, 6) is 0. The third-order valence-corrected chi connectivity index (χ3v) is 5.00. The van der Waals surface area contributed by atoms with Crippen LogP contribution in [0.2, 0.25) is 10.0 Å². The monoisotopic (exact) mass is 304 g/mol. The van der Waals surface area contributed by atoms with E-state index in [0.29, 0.717) is 0 Å². The van der Waals surface area contributed by atoms with Gasteiger partial charge in [0.05, 0.1) is 0 Å². The van der Waals surface area contributed by atoms with E-state index in [1.165, 1.54) is 43.2 Å². The van der Waals surface area contributed by atoms with Crippen molar-refractivity contribution in [3.8, 4) is 0 Å². The molecule has 2 heteroatoms. The lowest BCUT2D eigenvalue weighted by atomic mass is 9.65. The molecule has 0 aromatic heterocycles. The van der Waals surface area contributed by atoms with E-state index in [-0.39, 0.29) is 5.41 Å². The van der Waals surface area contributed by atoms with Gasteiger partial charge in [0, 0.05) is 15.5 Å². The summed E-state index contributed by atoms with van der Waals surface area (Å²) in [5, 5.41) is 1.60. The Kier molecular flexibility index (Phi) is 4.05. The molecule has 0 amide bonds. The van der Waals surface area contributed by atoms with E-state index in [1.807, 2.05) is 24.3 Å². The van der Waals surface area contributed by atoms with Gasteiger partial charge in [0.15, 0.2) is 0 Å². The van der Waals surface area contributed by atoms with Crippen LogP contribution in [0.15, 0.2) is 48.5 Å². The molecule has 0 unspecified atom stereocenters. The highest BCUT2D eigenvalue weighted by Crippen LogP contribution is 2.45. The minimum Gasteiger partial charge on any atom is -0.0843 e. The summed E-state index contributed by atoms with van der Waals surface area (Å²) in [5.41, 5.74) is 2.89. The quantitative estimate of drug-likeness (QED) is 0.615. The first-order valence-corrected chi connectivity index (χ1v) is 7.98. The van der Waals surface area contributed by atoms with Gasteiger partial charge in [-0.3, -0.25) is 0 Å². The molecular formula is C18H18Cl2. The number of halogens is 2. The molecule has 104 valence electrons. The summed E-state index contributed by atoms with van der Waals surface area (Å²) in [6.07, 6.45) is 6.31. The number of benzene rings is 2. The standard InChI is InChI=1S/C18H18Cl2/c19-16-8-4-14(5-9-16)18(12-2-1-3-13-18)15-6-10-17(20)11-7-15/h4-11H,1-3,12-13H2. The van der Waals surface area contributed by atoms with Gasteiger partial charge in [0.25, 0.3) is 0 Å². The SMILES string of the molecule is Clc1ccc(C2(c3ccc(Cl)cc3)CCCCC2)cc1. The van der Waals surface area contributed by atoms with Crippen LogP contribution in [0.3, 0.4) is 0 Å². The summed E-state index contributed by atoms with van der Waals surface area (Å²) in [6.45, 7) is 0. The lowest BCUT2D eigenvalue weighted by Crippen LogP contribution is -2.30. The first-order valence-electron chi connectivity index (χ1n) is 7.23. The molecule has 3 rings (SSSR count). The predicted octanol–water partition coefficient (Wildman–Crippen LogP) is 6.24. The largest absolute Gasteiger partial charge is 0.0843 e. The zero-order valence-electron chi connectivity index (χ0n) is 11.4. The molecule has 1 fully saturated rings. The van der Waals surface area contributed by atoms with Crippen molar-refractivity contribution in [2.24, 2.45) is 0 Å². The van der Waals surface area contributed by atoms with Crippen LogP contribution in [0.5, 0.6) is 0 Å². The van der Waals surface area contributed by atoms with E-state index in [1.54, 1.807) is 0 Å². The fraction of sp³-hybridized carbons (Fsp3) is 0.333. The Balaban J connectivity index is 2.08. The zero-order chi connectivity index (χ0) is 14.0. The second-order valence-electron chi connectivity index (χ2n) is 5.66. The Hall–Kier alpha value is -0.980. The highest BCUT2D eigenvalue weighted by Gasteiger charge is 2.35. The van der Waals surface area contributed by atoms with Crippen molar-refractivity contribution in [3.05, 3.63) is 69.7 Å². The van der Waals surface area contributed by atoms with Crippen LogP contribution in [0.1, 0.15) is 43.2 Å².